The fraction of sp³-hybridized carbons (Fsp3) is 0.316. The number of hydrogen-bond donors (Lipinski definition) is 1. The van der Waals surface area contributed by atoms with Gasteiger partial charge in [-0.05, 0) is 30.0 Å². The Morgan fingerprint density at radius 2 is 1.55 bits per heavy atom. The summed E-state index contributed by atoms with van der Waals surface area (Å²) < 4.78 is 0. The van der Waals surface area contributed by atoms with E-state index in [2.05, 4.69) is 0 Å². The lowest BCUT2D eigenvalue weighted by atomic mass is 9.81. The Balaban J connectivity index is 2.08. The van der Waals surface area contributed by atoms with Crippen molar-refractivity contribution < 1.29 is 10.1 Å². The van der Waals surface area contributed by atoms with Gasteiger partial charge >= 0.3 is 0 Å². The standard InChI is InChI=1S/C19H21NO2/c21-20(22)19(16-11-5-2-6-12-16)18-14-8-7-13-17(18)15-9-3-1-4-10-15/h1,3-4,7-10,13-14,16H,2,5-6,11-12H2,(H,21,22). The van der Waals surface area contributed by atoms with Gasteiger partial charge in [-0.3, -0.25) is 5.21 Å². The van der Waals surface area contributed by atoms with Gasteiger partial charge in [0.15, 0.2) is 0 Å². The molecule has 2 aromatic carbocycles. The molecule has 0 amide bonds. The molecule has 0 spiro atoms. The Labute approximate surface area is 131 Å². The van der Waals surface area contributed by atoms with Crippen LogP contribution in [-0.4, -0.2) is 15.8 Å². The van der Waals surface area contributed by atoms with Crippen LogP contribution in [0, 0.1) is 11.1 Å². The molecule has 2 aromatic rings. The number of rotatable bonds is 3. The second-order valence-corrected chi connectivity index (χ2v) is 5.90. The van der Waals surface area contributed by atoms with E-state index in [0.717, 1.165) is 42.4 Å². The predicted molar refractivity (Wildman–Crippen MR) is 88.0 cm³/mol. The summed E-state index contributed by atoms with van der Waals surface area (Å²) in [5.41, 5.74) is 3.42. The zero-order valence-electron chi connectivity index (χ0n) is 12.6. The lowest BCUT2D eigenvalue weighted by Gasteiger charge is -2.21. The van der Waals surface area contributed by atoms with Crippen LogP contribution < -0.4 is 0 Å². The lowest BCUT2D eigenvalue weighted by molar-refractivity contribution is -0.727. The van der Waals surface area contributed by atoms with E-state index in [-0.39, 0.29) is 10.8 Å². The van der Waals surface area contributed by atoms with Crippen molar-refractivity contribution in [3.63, 3.8) is 0 Å². The van der Waals surface area contributed by atoms with Crippen molar-refractivity contribution in [2.24, 2.45) is 5.92 Å². The first-order valence-corrected chi connectivity index (χ1v) is 7.95. The second-order valence-electron chi connectivity index (χ2n) is 5.90. The highest BCUT2D eigenvalue weighted by Crippen LogP contribution is 2.31. The third-order valence-electron chi connectivity index (χ3n) is 4.49. The van der Waals surface area contributed by atoms with Crippen molar-refractivity contribution in [3.8, 4) is 11.1 Å². The third-order valence-corrected chi connectivity index (χ3v) is 4.49. The summed E-state index contributed by atoms with van der Waals surface area (Å²) in [6.07, 6.45) is 5.40. The summed E-state index contributed by atoms with van der Waals surface area (Å²) >= 11 is 0. The average Bonchev–Trinajstić information content (AvgIpc) is 2.57. The van der Waals surface area contributed by atoms with Crippen molar-refractivity contribution >= 4 is 5.71 Å². The maximum atomic E-state index is 11.9. The van der Waals surface area contributed by atoms with Gasteiger partial charge < -0.3 is 5.21 Å². The van der Waals surface area contributed by atoms with Crippen molar-refractivity contribution in [1.82, 2.24) is 0 Å². The van der Waals surface area contributed by atoms with E-state index in [1.54, 1.807) is 0 Å². The van der Waals surface area contributed by atoms with Crippen molar-refractivity contribution in [2.45, 2.75) is 32.1 Å². The van der Waals surface area contributed by atoms with E-state index in [1.165, 1.54) is 6.42 Å². The minimum absolute atomic E-state index is 0.0950. The number of hydrogen-bond acceptors (Lipinski definition) is 2. The van der Waals surface area contributed by atoms with Crippen LogP contribution in [0.25, 0.3) is 11.1 Å². The first kappa shape index (κ1) is 14.6. The minimum atomic E-state index is 0.0950. The fourth-order valence-corrected chi connectivity index (χ4v) is 3.43. The van der Waals surface area contributed by atoms with Crippen LogP contribution in [0.15, 0.2) is 54.6 Å². The highest BCUT2D eigenvalue weighted by molar-refractivity contribution is 6.04. The largest absolute Gasteiger partial charge is 0.417 e. The molecule has 1 N–H and O–H groups in total. The van der Waals surface area contributed by atoms with Crippen LogP contribution in [0.5, 0.6) is 0 Å². The maximum absolute atomic E-state index is 11.9. The molecule has 3 heteroatoms. The molecule has 0 bridgehead atoms. The van der Waals surface area contributed by atoms with Crippen LogP contribution in [0.2, 0.25) is 0 Å². The molecule has 0 aliphatic heterocycles. The van der Waals surface area contributed by atoms with E-state index in [4.69, 9.17) is 0 Å². The second kappa shape index (κ2) is 6.65. The van der Waals surface area contributed by atoms with Crippen molar-refractivity contribution in [1.29, 1.82) is 0 Å². The molecule has 114 valence electrons. The zero-order chi connectivity index (χ0) is 15.4. The summed E-state index contributed by atoms with van der Waals surface area (Å²) in [7, 11) is 0. The molecule has 1 aliphatic carbocycles. The Kier molecular flexibility index (Phi) is 4.42. The fourth-order valence-electron chi connectivity index (χ4n) is 3.43. The summed E-state index contributed by atoms with van der Waals surface area (Å²) in [6.45, 7) is 0. The zero-order valence-corrected chi connectivity index (χ0v) is 12.6. The molecule has 1 saturated carbocycles. The quantitative estimate of drug-likeness (QED) is 0.388. The van der Waals surface area contributed by atoms with Crippen molar-refractivity contribution in [3.05, 3.63) is 65.4 Å². The summed E-state index contributed by atoms with van der Waals surface area (Å²) in [5.74, 6) is 0.140. The highest BCUT2D eigenvalue weighted by atomic mass is 16.8. The first-order valence-electron chi connectivity index (χ1n) is 7.95. The van der Waals surface area contributed by atoms with Crippen LogP contribution in [-0.2, 0) is 0 Å². The van der Waals surface area contributed by atoms with E-state index in [0.29, 0.717) is 5.71 Å². The molecule has 0 heterocycles. The Morgan fingerprint density at radius 3 is 2.23 bits per heavy atom. The van der Waals surface area contributed by atoms with Crippen LogP contribution in [0.4, 0.5) is 0 Å². The van der Waals surface area contributed by atoms with Gasteiger partial charge in [0.1, 0.15) is 0 Å². The summed E-state index contributed by atoms with van der Waals surface area (Å²) in [4.78, 5) is 0.0950. The van der Waals surface area contributed by atoms with E-state index in [1.807, 2.05) is 54.6 Å². The SMILES string of the molecule is [O-][N+](O)=C(c1ccccc1-c1ccccc1)C1CCCCC1. The van der Waals surface area contributed by atoms with Gasteiger partial charge in [-0.15, -0.1) is 0 Å². The first-order chi connectivity index (χ1) is 10.8. The van der Waals surface area contributed by atoms with Gasteiger partial charge in [-0.2, -0.15) is 0 Å². The van der Waals surface area contributed by atoms with Gasteiger partial charge in [0.2, 0.25) is 0 Å². The van der Waals surface area contributed by atoms with Gasteiger partial charge in [-0.1, -0.05) is 67.8 Å². The molecular formula is C19H21NO2. The third kappa shape index (κ3) is 2.98. The lowest BCUT2D eigenvalue weighted by Crippen LogP contribution is -2.26. The maximum Gasteiger partial charge on any atom is 0.255 e. The Bertz CT molecular complexity index is 654. The molecule has 0 atom stereocenters. The summed E-state index contributed by atoms with van der Waals surface area (Å²) in [6, 6.07) is 17.9. The average molecular weight is 295 g/mol. The van der Waals surface area contributed by atoms with Crippen LogP contribution >= 0.6 is 0 Å². The molecule has 3 rings (SSSR count). The molecule has 0 saturated heterocycles. The van der Waals surface area contributed by atoms with E-state index >= 15 is 0 Å². The molecule has 3 nitrogen and oxygen atoms in total. The van der Waals surface area contributed by atoms with Gasteiger partial charge in [-0.25, -0.2) is 0 Å². The van der Waals surface area contributed by atoms with Gasteiger partial charge in [0.25, 0.3) is 5.71 Å². The van der Waals surface area contributed by atoms with E-state index < -0.39 is 0 Å². The normalized spacial score (nSPS) is 17.1. The number of benzene rings is 2. The Morgan fingerprint density at radius 1 is 0.909 bits per heavy atom. The summed E-state index contributed by atoms with van der Waals surface area (Å²) in [5, 5.41) is 21.6. The molecule has 1 fully saturated rings. The predicted octanol–water partition coefficient (Wildman–Crippen LogP) is 4.62. The van der Waals surface area contributed by atoms with Crippen LogP contribution in [0.3, 0.4) is 0 Å². The monoisotopic (exact) mass is 295 g/mol. The molecule has 0 unspecified atom stereocenters. The molecular weight excluding hydrogens is 274 g/mol. The van der Waals surface area contributed by atoms with E-state index in [9.17, 15) is 10.4 Å². The number of nitrogens with zero attached hydrogens (tertiary/aromatic N) is 1. The topological polar surface area (TPSA) is 46.3 Å². The minimum Gasteiger partial charge on any atom is -0.417 e. The van der Waals surface area contributed by atoms with Crippen molar-refractivity contribution in [2.75, 3.05) is 0 Å². The smallest absolute Gasteiger partial charge is 0.255 e. The van der Waals surface area contributed by atoms with Gasteiger partial charge in [0.05, 0.1) is 11.5 Å². The molecule has 0 radical (unpaired) electrons. The molecule has 0 aromatic heterocycles. The molecule has 1 aliphatic rings. The molecule has 22 heavy (non-hydrogen) atoms. The van der Waals surface area contributed by atoms with Crippen LogP contribution in [0.1, 0.15) is 37.7 Å². The Hall–Kier alpha value is -2.29. The van der Waals surface area contributed by atoms with Gasteiger partial charge in [0, 0.05) is 4.90 Å². The highest BCUT2D eigenvalue weighted by Gasteiger charge is 2.30.